The molecular formula is C17H19NO2. The molecular weight excluding hydrogens is 250 g/mol. The van der Waals surface area contributed by atoms with Gasteiger partial charge in [0.25, 0.3) is 0 Å². The first-order valence-electron chi connectivity index (χ1n) is 6.59. The van der Waals surface area contributed by atoms with E-state index in [1.165, 1.54) is 0 Å². The Labute approximate surface area is 119 Å². The van der Waals surface area contributed by atoms with E-state index in [0.29, 0.717) is 0 Å². The first-order valence-corrected chi connectivity index (χ1v) is 6.59. The molecule has 3 heteroatoms. The van der Waals surface area contributed by atoms with Crippen LogP contribution in [0.1, 0.15) is 25.0 Å². The van der Waals surface area contributed by atoms with Gasteiger partial charge in [-0.2, -0.15) is 0 Å². The molecule has 0 spiro atoms. The van der Waals surface area contributed by atoms with Crippen molar-refractivity contribution in [2.45, 2.75) is 26.4 Å². The second-order valence-electron chi connectivity index (χ2n) is 5.26. The van der Waals surface area contributed by atoms with E-state index < -0.39 is 11.7 Å². The minimum absolute atomic E-state index is 0.456. The fourth-order valence-electron chi connectivity index (χ4n) is 1.91. The van der Waals surface area contributed by atoms with Crippen LogP contribution >= 0.6 is 0 Å². The third kappa shape index (κ3) is 3.60. The number of nitrogens with one attached hydrogen (secondary N) is 1. The summed E-state index contributed by atoms with van der Waals surface area (Å²) < 4.78 is 5.51. The molecule has 0 unspecified atom stereocenters. The van der Waals surface area contributed by atoms with Crippen LogP contribution in [0.15, 0.2) is 54.6 Å². The Kier molecular flexibility index (Phi) is 4.08. The van der Waals surface area contributed by atoms with Gasteiger partial charge in [-0.25, -0.2) is 4.79 Å². The van der Waals surface area contributed by atoms with Crippen molar-refractivity contribution in [3.05, 3.63) is 65.7 Å². The minimum Gasteiger partial charge on any atom is -0.438 e. The van der Waals surface area contributed by atoms with Crippen LogP contribution in [0.5, 0.6) is 0 Å². The largest absolute Gasteiger partial charge is 0.438 e. The van der Waals surface area contributed by atoms with Crippen molar-refractivity contribution in [3.63, 3.8) is 0 Å². The highest BCUT2D eigenvalue weighted by molar-refractivity contribution is 5.84. The van der Waals surface area contributed by atoms with Crippen LogP contribution in [0.3, 0.4) is 0 Å². The van der Waals surface area contributed by atoms with Crippen LogP contribution in [-0.4, -0.2) is 6.09 Å². The average molecular weight is 269 g/mol. The van der Waals surface area contributed by atoms with E-state index >= 15 is 0 Å². The van der Waals surface area contributed by atoms with E-state index in [-0.39, 0.29) is 0 Å². The maximum atomic E-state index is 12.0. The van der Waals surface area contributed by atoms with Crippen molar-refractivity contribution >= 4 is 11.8 Å². The molecule has 0 radical (unpaired) electrons. The van der Waals surface area contributed by atoms with E-state index in [1.807, 2.05) is 75.4 Å². The SMILES string of the molecule is Cc1ccc(NC(=O)OC(C)(C)c2ccccc2)cc1. The number of hydrogen-bond donors (Lipinski definition) is 1. The molecule has 0 aliphatic heterocycles. The molecule has 0 saturated carbocycles. The molecule has 0 aromatic heterocycles. The maximum Gasteiger partial charge on any atom is 0.412 e. The molecule has 104 valence electrons. The monoisotopic (exact) mass is 269 g/mol. The Morgan fingerprint density at radius 3 is 2.20 bits per heavy atom. The molecule has 0 atom stereocenters. The average Bonchev–Trinajstić information content (AvgIpc) is 2.42. The van der Waals surface area contributed by atoms with E-state index in [4.69, 9.17) is 4.74 Å². The zero-order valence-electron chi connectivity index (χ0n) is 12.0. The molecule has 0 heterocycles. The normalized spacial score (nSPS) is 10.9. The van der Waals surface area contributed by atoms with Crippen molar-refractivity contribution in [3.8, 4) is 0 Å². The number of aryl methyl sites for hydroxylation is 1. The number of benzene rings is 2. The van der Waals surface area contributed by atoms with E-state index in [2.05, 4.69) is 5.32 Å². The summed E-state index contributed by atoms with van der Waals surface area (Å²) in [5.74, 6) is 0. The molecule has 0 aliphatic carbocycles. The number of amides is 1. The summed E-state index contributed by atoms with van der Waals surface area (Å²) in [5.41, 5.74) is 2.16. The predicted octanol–water partition coefficient (Wildman–Crippen LogP) is 4.48. The highest BCUT2D eigenvalue weighted by atomic mass is 16.6. The van der Waals surface area contributed by atoms with Crippen molar-refractivity contribution < 1.29 is 9.53 Å². The van der Waals surface area contributed by atoms with E-state index in [0.717, 1.165) is 16.8 Å². The maximum absolute atomic E-state index is 12.0. The van der Waals surface area contributed by atoms with Crippen LogP contribution < -0.4 is 5.32 Å². The second-order valence-corrected chi connectivity index (χ2v) is 5.26. The van der Waals surface area contributed by atoms with Gasteiger partial charge in [-0.1, -0.05) is 48.0 Å². The third-order valence-corrected chi connectivity index (χ3v) is 3.11. The topological polar surface area (TPSA) is 38.3 Å². The summed E-state index contributed by atoms with van der Waals surface area (Å²) in [6.45, 7) is 5.74. The third-order valence-electron chi connectivity index (χ3n) is 3.11. The Morgan fingerprint density at radius 1 is 1.00 bits per heavy atom. The molecule has 20 heavy (non-hydrogen) atoms. The second kappa shape index (κ2) is 5.78. The van der Waals surface area contributed by atoms with Crippen molar-refractivity contribution in [1.82, 2.24) is 0 Å². The highest BCUT2D eigenvalue weighted by Gasteiger charge is 2.25. The smallest absolute Gasteiger partial charge is 0.412 e. The van der Waals surface area contributed by atoms with Crippen LogP contribution in [0.25, 0.3) is 0 Å². The first kappa shape index (κ1) is 14.1. The molecule has 2 aromatic carbocycles. The van der Waals surface area contributed by atoms with Gasteiger partial charge in [0, 0.05) is 5.69 Å². The van der Waals surface area contributed by atoms with Crippen molar-refractivity contribution in [2.75, 3.05) is 5.32 Å². The molecule has 0 saturated heterocycles. The summed E-state index contributed by atoms with van der Waals surface area (Å²) in [6.07, 6.45) is -0.456. The minimum atomic E-state index is -0.671. The van der Waals surface area contributed by atoms with Gasteiger partial charge in [0.2, 0.25) is 0 Å². The lowest BCUT2D eigenvalue weighted by Crippen LogP contribution is -2.28. The fourth-order valence-corrected chi connectivity index (χ4v) is 1.91. The standard InChI is InChI=1S/C17H19NO2/c1-13-9-11-15(12-10-13)18-16(19)20-17(2,3)14-7-5-4-6-8-14/h4-12H,1-3H3,(H,18,19). The molecule has 0 fully saturated rings. The molecule has 2 aromatic rings. The predicted molar refractivity (Wildman–Crippen MR) is 80.8 cm³/mol. The number of carbonyl (C=O) groups is 1. The Bertz CT molecular complexity index is 574. The van der Waals surface area contributed by atoms with Gasteiger partial charge in [0.15, 0.2) is 0 Å². The van der Waals surface area contributed by atoms with Crippen LogP contribution in [0.2, 0.25) is 0 Å². The number of anilines is 1. The molecule has 1 amide bonds. The lowest BCUT2D eigenvalue weighted by molar-refractivity contribution is 0.0467. The Morgan fingerprint density at radius 2 is 1.60 bits per heavy atom. The zero-order valence-corrected chi connectivity index (χ0v) is 12.0. The summed E-state index contributed by atoms with van der Waals surface area (Å²) >= 11 is 0. The van der Waals surface area contributed by atoms with Gasteiger partial charge in [-0.15, -0.1) is 0 Å². The molecule has 0 aliphatic rings. The summed E-state index contributed by atoms with van der Waals surface area (Å²) in [5, 5.41) is 2.73. The van der Waals surface area contributed by atoms with Gasteiger partial charge in [-0.3, -0.25) is 5.32 Å². The van der Waals surface area contributed by atoms with Crippen molar-refractivity contribution in [1.29, 1.82) is 0 Å². The van der Waals surface area contributed by atoms with Gasteiger partial charge >= 0.3 is 6.09 Å². The molecule has 1 N–H and O–H groups in total. The highest BCUT2D eigenvalue weighted by Crippen LogP contribution is 2.25. The number of hydrogen-bond acceptors (Lipinski definition) is 2. The van der Waals surface area contributed by atoms with Gasteiger partial charge in [0.1, 0.15) is 5.60 Å². The van der Waals surface area contributed by atoms with E-state index in [9.17, 15) is 4.79 Å². The number of carbonyl (C=O) groups excluding carboxylic acids is 1. The lowest BCUT2D eigenvalue weighted by atomic mass is 9.98. The van der Waals surface area contributed by atoms with Crippen molar-refractivity contribution in [2.24, 2.45) is 0 Å². The summed E-state index contributed by atoms with van der Waals surface area (Å²) in [6, 6.07) is 17.3. The first-order chi connectivity index (χ1) is 9.47. The zero-order chi connectivity index (χ0) is 14.6. The quantitative estimate of drug-likeness (QED) is 0.892. The van der Waals surface area contributed by atoms with E-state index in [1.54, 1.807) is 0 Å². The molecule has 3 nitrogen and oxygen atoms in total. The Hall–Kier alpha value is -2.29. The van der Waals surface area contributed by atoms with Gasteiger partial charge < -0.3 is 4.74 Å². The number of ether oxygens (including phenoxy) is 1. The fraction of sp³-hybridized carbons (Fsp3) is 0.235. The molecule has 0 bridgehead atoms. The van der Waals surface area contributed by atoms with Gasteiger partial charge in [-0.05, 0) is 38.5 Å². The van der Waals surface area contributed by atoms with Crippen LogP contribution in [-0.2, 0) is 10.3 Å². The lowest BCUT2D eigenvalue weighted by Gasteiger charge is -2.25. The summed E-state index contributed by atoms with van der Waals surface area (Å²) in [7, 11) is 0. The Balaban J connectivity index is 2.02. The summed E-state index contributed by atoms with van der Waals surface area (Å²) in [4.78, 5) is 12.0. The number of rotatable bonds is 3. The van der Waals surface area contributed by atoms with Crippen LogP contribution in [0.4, 0.5) is 10.5 Å². The van der Waals surface area contributed by atoms with Gasteiger partial charge in [0.05, 0.1) is 0 Å². The van der Waals surface area contributed by atoms with Crippen LogP contribution in [0, 0.1) is 6.92 Å². The molecule has 2 rings (SSSR count).